The van der Waals surface area contributed by atoms with Crippen molar-refractivity contribution in [2.24, 2.45) is 0 Å². The zero-order chi connectivity index (χ0) is 13.7. The minimum absolute atomic E-state index is 0.126. The molecule has 1 heterocycles. The van der Waals surface area contributed by atoms with Crippen LogP contribution in [0.1, 0.15) is 17.5 Å². The Morgan fingerprint density at radius 3 is 3.05 bits per heavy atom. The van der Waals surface area contributed by atoms with E-state index in [9.17, 15) is 4.39 Å². The molecule has 0 spiro atoms. The van der Waals surface area contributed by atoms with Gasteiger partial charge in [-0.15, -0.1) is 0 Å². The summed E-state index contributed by atoms with van der Waals surface area (Å²) >= 11 is 0. The molecule has 1 unspecified atom stereocenters. The Morgan fingerprint density at radius 1 is 1.47 bits per heavy atom. The first kappa shape index (κ1) is 14.4. The third kappa shape index (κ3) is 4.27. The van der Waals surface area contributed by atoms with Crippen molar-refractivity contribution >= 4 is 0 Å². The van der Waals surface area contributed by atoms with Crippen LogP contribution in [0.2, 0.25) is 0 Å². The highest BCUT2D eigenvalue weighted by Crippen LogP contribution is 2.09. The zero-order valence-corrected chi connectivity index (χ0v) is 11.9. The second kappa shape index (κ2) is 6.98. The molecule has 0 saturated carbocycles. The predicted molar refractivity (Wildman–Crippen MR) is 76.7 cm³/mol. The summed E-state index contributed by atoms with van der Waals surface area (Å²) < 4.78 is 13.1. The average molecular weight is 265 g/mol. The summed E-state index contributed by atoms with van der Waals surface area (Å²) in [4.78, 5) is 2.42. The van der Waals surface area contributed by atoms with E-state index in [4.69, 9.17) is 0 Å². The summed E-state index contributed by atoms with van der Waals surface area (Å²) in [5, 5.41) is 6.87. The molecule has 0 aliphatic carbocycles. The minimum Gasteiger partial charge on any atom is -0.314 e. The number of aryl methyl sites for hydroxylation is 1. The van der Waals surface area contributed by atoms with Crippen molar-refractivity contribution in [3.63, 3.8) is 0 Å². The molecule has 4 heteroatoms. The van der Waals surface area contributed by atoms with Crippen molar-refractivity contribution < 1.29 is 4.39 Å². The van der Waals surface area contributed by atoms with Crippen LogP contribution in [-0.4, -0.2) is 44.2 Å². The fourth-order valence-corrected chi connectivity index (χ4v) is 2.50. The van der Waals surface area contributed by atoms with Crippen molar-refractivity contribution in [1.29, 1.82) is 0 Å². The van der Waals surface area contributed by atoms with Crippen LogP contribution in [-0.2, 0) is 6.54 Å². The van der Waals surface area contributed by atoms with Crippen LogP contribution < -0.4 is 10.6 Å². The van der Waals surface area contributed by atoms with Crippen molar-refractivity contribution in [1.82, 2.24) is 15.5 Å². The molecule has 0 radical (unpaired) electrons. The summed E-state index contributed by atoms with van der Waals surface area (Å²) in [5.74, 6) is -0.126. The van der Waals surface area contributed by atoms with Crippen molar-refractivity contribution in [3.05, 3.63) is 35.1 Å². The van der Waals surface area contributed by atoms with Gasteiger partial charge in [0.05, 0.1) is 0 Å². The second-order valence-electron chi connectivity index (χ2n) is 5.39. The molecular weight excluding hydrogens is 241 g/mol. The van der Waals surface area contributed by atoms with E-state index in [1.165, 1.54) is 0 Å². The normalized spacial score (nSPS) is 20.7. The molecule has 1 aliphatic rings. The maximum Gasteiger partial charge on any atom is 0.126 e. The average Bonchev–Trinajstić information content (AvgIpc) is 2.40. The standard InChI is InChI=1S/C15H24FN3/c1-12-9-13(3-4-15(12)16)10-17-6-5-14-11-18-7-8-19(14)2/h3-4,9,14,17-18H,5-8,10-11H2,1-2H3. The van der Waals surface area contributed by atoms with Crippen LogP contribution in [0.5, 0.6) is 0 Å². The van der Waals surface area contributed by atoms with Crippen molar-refractivity contribution in [2.75, 3.05) is 33.2 Å². The Kier molecular flexibility index (Phi) is 5.31. The van der Waals surface area contributed by atoms with Gasteiger partial charge in [0.2, 0.25) is 0 Å². The molecule has 0 bridgehead atoms. The van der Waals surface area contributed by atoms with Gasteiger partial charge in [-0.2, -0.15) is 0 Å². The Balaban J connectivity index is 1.70. The number of hydrogen-bond acceptors (Lipinski definition) is 3. The molecule has 1 saturated heterocycles. The Morgan fingerprint density at radius 2 is 2.32 bits per heavy atom. The number of nitrogens with one attached hydrogen (secondary N) is 2. The van der Waals surface area contributed by atoms with Gasteiger partial charge in [0.15, 0.2) is 0 Å². The molecule has 19 heavy (non-hydrogen) atoms. The van der Waals surface area contributed by atoms with Crippen LogP contribution in [0.15, 0.2) is 18.2 Å². The lowest BCUT2D eigenvalue weighted by Crippen LogP contribution is -2.50. The Labute approximate surface area is 115 Å². The van der Waals surface area contributed by atoms with E-state index in [0.29, 0.717) is 6.04 Å². The summed E-state index contributed by atoms with van der Waals surface area (Å²) in [7, 11) is 2.19. The first-order valence-corrected chi connectivity index (χ1v) is 7.03. The number of hydrogen-bond donors (Lipinski definition) is 2. The predicted octanol–water partition coefficient (Wildman–Crippen LogP) is 1.52. The highest BCUT2D eigenvalue weighted by molar-refractivity contribution is 5.23. The fraction of sp³-hybridized carbons (Fsp3) is 0.600. The third-order valence-corrected chi connectivity index (χ3v) is 3.85. The van der Waals surface area contributed by atoms with Gasteiger partial charge in [0.25, 0.3) is 0 Å². The molecule has 0 amide bonds. The van der Waals surface area contributed by atoms with E-state index >= 15 is 0 Å². The van der Waals surface area contributed by atoms with E-state index in [0.717, 1.165) is 50.3 Å². The molecule has 2 rings (SSSR count). The molecule has 1 aromatic carbocycles. The quantitative estimate of drug-likeness (QED) is 0.790. The number of rotatable bonds is 5. The van der Waals surface area contributed by atoms with Gasteiger partial charge in [0.1, 0.15) is 5.82 Å². The maximum absolute atomic E-state index is 13.1. The first-order valence-electron chi connectivity index (χ1n) is 7.03. The van der Waals surface area contributed by atoms with Gasteiger partial charge in [-0.05, 0) is 44.1 Å². The molecule has 1 atom stereocenters. The SMILES string of the molecule is Cc1cc(CNCCC2CNCCN2C)ccc1F. The topological polar surface area (TPSA) is 27.3 Å². The summed E-state index contributed by atoms with van der Waals surface area (Å²) in [6.45, 7) is 6.91. The van der Waals surface area contributed by atoms with Gasteiger partial charge < -0.3 is 15.5 Å². The van der Waals surface area contributed by atoms with Crippen LogP contribution in [0.3, 0.4) is 0 Å². The number of likely N-dealkylation sites (N-methyl/N-ethyl adjacent to an activating group) is 1. The van der Waals surface area contributed by atoms with Crippen LogP contribution in [0, 0.1) is 12.7 Å². The Bertz CT molecular complexity index is 408. The van der Waals surface area contributed by atoms with Crippen molar-refractivity contribution in [2.45, 2.75) is 25.9 Å². The largest absolute Gasteiger partial charge is 0.314 e. The lowest BCUT2D eigenvalue weighted by molar-refractivity contribution is 0.189. The first-order chi connectivity index (χ1) is 9.16. The fourth-order valence-electron chi connectivity index (χ4n) is 2.50. The summed E-state index contributed by atoms with van der Waals surface area (Å²) in [6, 6.07) is 5.93. The monoisotopic (exact) mass is 265 g/mol. The Hall–Kier alpha value is -0.970. The molecule has 2 N–H and O–H groups in total. The lowest BCUT2D eigenvalue weighted by Gasteiger charge is -2.33. The van der Waals surface area contributed by atoms with Crippen LogP contribution >= 0.6 is 0 Å². The van der Waals surface area contributed by atoms with Gasteiger partial charge in [0, 0.05) is 32.2 Å². The third-order valence-electron chi connectivity index (χ3n) is 3.85. The van der Waals surface area contributed by atoms with Crippen molar-refractivity contribution in [3.8, 4) is 0 Å². The van der Waals surface area contributed by atoms with Gasteiger partial charge in [-0.3, -0.25) is 0 Å². The molecule has 106 valence electrons. The van der Waals surface area contributed by atoms with E-state index in [1.807, 2.05) is 19.1 Å². The zero-order valence-electron chi connectivity index (χ0n) is 11.9. The van der Waals surface area contributed by atoms with Crippen LogP contribution in [0.25, 0.3) is 0 Å². The number of piperazine rings is 1. The smallest absolute Gasteiger partial charge is 0.126 e. The van der Waals surface area contributed by atoms with Gasteiger partial charge in [-0.25, -0.2) is 4.39 Å². The van der Waals surface area contributed by atoms with E-state index in [-0.39, 0.29) is 5.82 Å². The second-order valence-corrected chi connectivity index (χ2v) is 5.39. The molecular formula is C15H24FN3. The van der Waals surface area contributed by atoms with Gasteiger partial charge >= 0.3 is 0 Å². The van der Waals surface area contributed by atoms with E-state index in [1.54, 1.807) is 6.07 Å². The molecule has 1 fully saturated rings. The highest BCUT2D eigenvalue weighted by Gasteiger charge is 2.17. The number of halogens is 1. The molecule has 1 aliphatic heterocycles. The molecule has 1 aromatic rings. The van der Waals surface area contributed by atoms with Crippen LogP contribution in [0.4, 0.5) is 4.39 Å². The lowest BCUT2D eigenvalue weighted by atomic mass is 10.1. The maximum atomic E-state index is 13.1. The molecule has 3 nitrogen and oxygen atoms in total. The summed E-state index contributed by atoms with van der Waals surface area (Å²) in [6.07, 6.45) is 1.14. The number of nitrogens with zero attached hydrogens (tertiary/aromatic N) is 1. The highest BCUT2D eigenvalue weighted by atomic mass is 19.1. The van der Waals surface area contributed by atoms with Gasteiger partial charge in [-0.1, -0.05) is 12.1 Å². The van der Waals surface area contributed by atoms with E-state index in [2.05, 4.69) is 22.6 Å². The van der Waals surface area contributed by atoms with E-state index < -0.39 is 0 Å². The minimum atomic E-state index is -0.126. The summed E-state index contributed by atoms with van der Waals surface area (Å²) in [5.41, 5.74) is 1.87. The molecule has 0 aromatic heterocycles. The number of benzene rings is 1.